The molecule has 7 heteroatoms. The Hall–Kier alpha value is -2.21. The van der Waals surface area contributed by atoms with Crippen LogP contribution in [0.25, 0.3) is 0 Å². The van der Waals surface area contributed by atoms with Gasteiger partial charge in [-0.2, -0.15) is 5.10 Å². The van der Waals surface area contributed by atoms with Crippen LogP contribution in [0.2, 0.25) is 0 Å². The van der Waals surface area contributed by atoms with Crippen molar-refractivity contribution in [3.05, 3.63) is 35.7 Å². The van der Waals surface area contributed by atoms with Crippen LogP contribution in [0.5, 0.6) is 5.75 Å². The zero-order chi connectivity index (χ0) is 14.7. The van der Waals surface area contributed by atoms with E-state index in [2.05, 4.69) is 10.4 Å². The van der Waals surface area contributed by atoms with Crippen LogP contribution in [-0.2, 0) is 13.5 Å². The van der Waals surface area contributed by atoms with Crippen LogP contribution >= 0.6 is 12.4 Å². The molecule has 1 aromatic carbocycles. The Bertz CT molecular complexity index is 640. The van der Waals surface area contributed by atoms with Gasteiger partial charge in [0.2, 0.25) is 0 Å². The average molecular weight is 311 g/mol. The number of carbonyl (C=O) groups is 1. The number of benzene rings is 1. The fourth-order valence-corrected chi connectivity index (χ4v) is 2.00. The molecule has 0 saturated heterocycles. The van der Waals surface area contributed by atoms with E-state index in [1.54, 1.807) is 43.2 Å². The molecular weight excluding hydrogens is 292 g/mol. The average Bonchev–Trinajstić information content (AvgIpc) is 2.80. The number of nitrogens with zero attached hydrogens (tertiary/aromatic N) is 2. The molecule has 3 N–H and O–H groups in total. The summed E-state index contributed by atoms with van der Waals surface area (Å²) in [4.78, 5) is 12.2. The summed E-state index contributed by atoms with van der Waals surface area (Å²) in [6, 6.07) is 5.13. The third-order valence-electron chi connectivity index (χ3n) is 2.97. The van der Waals surface area contributed by atoms with Crippen LogP contribution in [0.3, 0.4) is 0 Å². The number of anilines is 2. The number of halogens is 1. The Morgan fingerprint density at radius 3 is 2.76 bits per heavy atom. The molecule has 2 rings (SSSR count). The number of nitrogens with one attached hydrogen (secondary N) is 1. The van der Waals surface area contributed by atoms with Gasteiger partial charge in [0, 0.05) is 18.9 Å². The van der Waals surface area contributed by atoms with Gasteiger partial charge >= 0.3 is 0 Å². The lowest BCUT2D eigenvalue weighted by molar-refractivity contribution is 0.102. The molecule has 1 aromatic heterocycles. The van der Waals surface area contributed by atoms with E-state index in [-0.39, 0.29) is 18.3 Å². The fourth-order valence-electron chi connectivity index (χ4n) is 2.00. The SMILES string of the molecule is CCc1nn(C)cc1C(=O)Nc1ccc(OC)c(N)c1.Cl. The van der Waals surface area contributed by atoms with Gasteiger partial charge in [0.15, 0.2) is 0 Å². The Kier molecular flexibility index (Phi) is 5.60. The van der Waals surface area contributed by atoms with Gasteiger partial charge in [-0.3, -0.25) is 9.48 Å². The fraction of sp³-hybridized carbons (Fsp3) is 0.286. The Balaban J connectivity index is 0.00000220. The third-order valence-corrected chi connectivity index (χ3v) is 2.97. The number of hydrogen-bond donors (Lipinski definition) is 2. The molecule has 0 saturated carbocycles. The third kappa shape index (κ3) is 3.66. The van der Waals surface area contributed by atoms with Gasteiger partial charge < -0.3 is 15.8 Å². The number of carbonyl (C=O) groups excluding carboxylic acids is 1. The zero-order valence-corrected chi connectivity index (χ0v) is 13.0. The molecule has 0 unspecified atom stereocenters. The number of ether oxygens (including phenoxy) is 1. The number of hydrogen-bond acceptors (Lipinski definition) is 4. The summed E-state index contributed by atoms with van der Waals surface area (Å²) in [5.74, 6) is 0.387. The first kappa shape index (κ1) is 16.8. The second-order valence-corrected chi connectivity index (χ2v) is 4.43. The molecule has 0 atom stereocenters. The van der Waals surface area contributed by atoms with Gasteiger partial charge in [0.1, 0.15) is 5.75 Å². The normalized spacial score (nSPS) is 9.86. The molecule has 0 radical (unpaired) electrons. The second kappa shape index (κ2) is 6.99. The van der Waals surface area contributed by atoms with Crippen molar-refractivity contribution in [1.82, 2.24) is 9.78 Å². The summed E-state index contributed by atoms with van der Waals surface area (Å²) < 4.78 is 6.71. The molecule has 2 aromatic rings. The van der Waals surface area contributed by atoms with Crippen molar-refractivity contribution < 1.29 is 9.53 Å². The highest BCUT2D eigenvalue weighted by Gasteiger charge is 2.14. The summed E-state index contributed by atoms with van der Waals surface area (Å²) in [6.07, 6.45) is 2.41. The van der Waals surface area contributed by atoms with E-state index in [1.165, 1.54) is 0 Å². The number of nitrogen functional groups attached to an aromatic ring is 1. The molecule has 0 fully saturated rings. The van der Waals surface area contributed by atoms with Crippen molar-refractivity contribution in [3.63, 3.8) is 0 Å². The standard InChI is InChI=1S/C14H18N4O2.ClH/c1-4-12-10(8-18(2)17-12)14(19)16-9-5-6-13(20-3)11(15)7-9;/h5-8H,4,15H2,1-3H3,(H,16,19);1H. The van der Waals surface area contributed by atoms with Gasteiger partial charge in [-0.1, -0.05) is 6.92 Å². The Morgan fingerprint density at radius 1 is 1.48 bits per heavy atom. The monoisotopic (exact) mass is 310 g/mol. The zero-order valence-electron chi connectivity index (χ0n) is 12.2. The molecular formula is C14H19ClN4O2. The van der Waals surface area contributed by atoms with Crippen LogP contribution in [0.15, 0.2) is 24.4 Å². The maximum Gasteiger partial charge on any atom is 0.259 e. The summed E-state index contributed by atoms with van der Waals surface area (Å²) in [7, 11) is 3.34. The molecule has 114 valence electrons. The van der Waals surface area contributed by atoms with Crippen LogP contribution in [0.4, 0.5) is 11.4 Å². The predicted molar refractivity (Wildman–Crippen MR) is 85.2 cm³/mol. The van der Waals surface area contributed by atoms with Gasteiger partial charge in [-0.25, -0.2) is 0 Å². The molecule has 0 spiro atoms. The summed E-state index contributed by atoms with van der Waals surface area (Å²) >= 11 is 0. The summed E-state index contributed by atoms with van der Waals surface area (Å²) in [6.45, 7) is 1.96. The highest BCUT2D eigenvalue weighted by Crippen LogP contribution is 2.25. The van der Waals surface area contributed by atoms with Gasteiger partial charge in [-0.15, -0.1) is 12.4 Å². The minimum absolute atomic E-state index is 0. The quantitative estimate of drug-likeness (QED) is 0.849. The lowest BCUT2D eigenvalue weighted by Crippen LogP contribution is -2.13. The Labute approximate surface area is 129 Å². The summed E-state index contributed by atoms with van der Waals surface area (Å²) in [5, 5.41) is 7.06. The minimum atomic E-state index is -0.195. The molecule has 0 bridgehead atoms. The van der Waals surface area contributed by atoms with E-state index in [4.69, 9.17) is 10.5 Å². The number of rotatable bonds is 4. The van der Waals surface area contributed by atoms with Crippen molar-refractivity contribution in [2.75, 3.05) is 18.2 Å². The van der Waals surface area contributed by atoms with Crippen molar-refractivity contribution in [2.24, 2.45) is 7.05 Å². The first-order valence-electron chi connectivity index (χ1n) is 6.32. The highest BCUT2D eigenvalue weighted by atomic mass is 35.5. The number of aryl methyl sites for hydroxylation is 2. The number of nitrogens with two attached hydrogens (primary N) is 1. The first-order chi connectivity index (χ1) is 9.55. The van der Waals surface area contributed by atoms with E-state index in [0.29, 0.717) is 29.1 Å². The molecule has 21 heavy (non-hydrogen) atoms. The van der Waals surface area contributed by atoms with E-state index >= 15 is 0 Å². The van der Waals surface area contributed by atoms with Gasteiger partial charge in [0.05, 0.1) is 24.1 Å². The first-order valence-corrected chi connectivity index (χ1v) is 6.32. The molecule has 1 heterocycles. The van der Waals surface area contributed by atoms with Crippen LogP contribution in [0, 0.1) is 0 Å². The largest absolute Gasteiger partial charge is 0.495 e. The second-order valence-electron chi connectivity index (χ2n) is 4.43. The molecule has 0 aliphatic carbocycles. The molecule has 0 aliphatic rings. The maximum absolute atomic E-state index is 12.2. The van der Waals surface area contributed by atoms with E-state index in [0.717, 1.165) is 5.69 Å². The van der Waals surface area contributed by atoms with Crippen molar-refractivity contribution >= 4 is 29.7 Å². The Morgan fingerprint density at radius 2 is 2.19 bits per heavy atom. The van der Waals surface area contributed by atoms with E-state index < -0.39 is 0 Å². The van der Waals surface area contributed by atoms with Crippen molar-refractivity contribution in [1.29, 1.82) is 0 Å². The molecule has 1 amide bonds. The smallest absolute Gasteiger partial charge is 0.259 e. The van der Waals surface area contributed by atoms with Gasteiger partial charge in [0.25, 0.3) is 5.91 Å². The number of amides is 1. The molecule has 6 nitrogen and oxygen atoms in total. The van der Waals surface area contributed by atoms with Crippen molar-refractivity contribution in [3.8, 4) is 5.75 Å². The lowest BCUT2D eigenvalue weighted by Gasteiger charge is -2.08. The summed E-state index contributed by atoms with van der Waals surface area (Å²) in [5.41, 5.74) is 8.26. The van der Waals surface area contributed by atoms with Crippen LogP contribution < -0.4 is 15.8 Å². The predicted octanol–water partition coefficient (Wildman–Crippen LogP) is 2.25. The maximum atomic E-state index is 12.2. The van der Waals surface area contributed by atoms with Crippen molar-refractivity contribution in [2.45, 2.75) is 13.3 Å². The lowest BCUT2D eigenvalue weighted by atomic mass is 10.2. The minimum Gasteiger partial charge on any atom is -0.495 e. The van der Waals surface area contributed by atoms with Gasteiger partial charge in [-0.05, 0) is 24.6 Å². The number of methoxy groups -OCH3 is 1. The van der Waals surface area contributed by atoms with Crippen LogP contribution in [-0.4, -0.2) is 22.8 Å². The van der Waals surface area contributed by atoms with Crippen LogP contribution in [0.1, 0.15) is 23.0 Å². The van der Waals surface area contributed by atoms with E-state index in [9.17, 15) is 4.79 Å². The number of aromatic nitrogens is 2. The van der Waals surface area contributed by atoms with E-state index in [1.807, 2.05) is 6.92 Å². The molecule has 0 aliphatic heterocycles. The highest BCUT2D eigenvalue weighted by molar-refractivity contribution is 6.05. The topological polar surface area (TPSA) is 82.2 Å².